The third-order valence-electron chi connectivity index (χ3n) is 5.80. The first-order chi connectivity index (χ1) is 18.2. The Morgan fingerprint density at radius 2 is 1.26 bits per heavy atom. The smallest absolute Gasteiger partial charge is 0.460 e. The summed E-state index contributed by atoms with van der Waals surface area (Å²) in [7, 11) is 0. The Kier molecular flexibility index (Phi) is 10.9. The summed E-state index contributed by atoms with van der Waals surface area (Å²) in [5.74, 6) is -19.6. The van der Waals surface area contributed by atoms with E-state index in [-0.39, 0.29) is 5.56 Å². The number of halogens is 9. The normalized spacial score (nSPS) is 12.7. The highest BCUT2D eigenvalue weighted by molar-refractivity contribution is 5.81. The molecule has 12 heteroatoms. The summed E-state index contributed by atoms with van der Waals surface area (Å²) in [5, 5.41) is 0. The van der Waals surface area contributed by atoms with E-state index in [9.17, 15) is 44.3 Å². The van der Waals surface area contributed by atoms with E-state index in [0.717, 1.165) is 50.3 Å². The van der Waals surface area contributed by atoms with Gasteiger partial charge in [0.1, 0.15) is 5.75 Å². The van der Waals surface area contributed by atoms with Gasteiger partial charge in [0.15, 0.2) is 0 Å². The number of hydrogen-bond acceptors (Lipinski definition) is 3. The first-order valence-electron chi connectivity index (χ1n) is 12.0. The number of unbranched alkanes of at least 4 members (excludes halogenated alkanes) is 5. The lowest BCUT2D eigenvalue weighted by atomic mass is 9.94. The zero-order valence-corrected chi connectivity index (χ0v) is 20.7. The van der Waals surface area contributed by atoms with Crippen LogP contribution in [0.15, 0.2) is 61.2 Å². The second-order valence-corrected chi connectivity index (χ2v) is 8.64. The Hall–Kier alpha value is -3.18. The molecule has 0 unspecified atom stereocenters. The van der Waals surface area contributed by atoms with Gasteiger partial charge in [-0.3, -0.25) is 0 Å². The molecule has 2 rings (SSSR count). The molecule has 0 fully saturated rings. The van der Waals surface area contributed by atoms with Crippen molar-refractivity contribution in [2.45, 2.75) is 62.5 Å². The fourth-order valence-electron chi connectivity index (χ4n) is 3.57. The number of alkyl halides is 9. The molecular formula is C27H27F9O3. The van der Waals surface area contributed by atoms with Crippen LogP contribution in [-0.2, 0) is 15.5 Å². The highest BCUT2D eigenvalue weighted by atomic mass is 19.4. The lowest BCUT2D eigenvalue weighted by molar-refractivity contribution is -0.399. The monoisotopic (exact) mass is 570 g/mol. The molecule has 0 saturated carbocycles. The van der Waals surface area contributed by atoms with Gasteiger partial charge in [-0.05, 0) is 24.5 Å². The van der Waals surface area contributed by atoms with Gasteiger partial charge in [-0.1, -0.05) is 74.7 Å². The van der Waals surface area contributed by atoms with Crippen molar-refractivity contribution in [1.82, 2.24) is 0 Å². The maximum atomic E-state index is 14.2. The molecule has 0 aliphatic carbocycles. The minimum absolute atomic E-state index is 0.202. The lowest BCUT2D eigenvalue weighted by Gasteiger charge is -2.33. The maximum Gasteiger partial charge on any atom is 0.460 e. The molecule has 0 radical (unpaired) electrons. The molecule has 2 aromatic carbocycles. The van der Waals surface area contributed by atoms with Gasteiger partial charge in [-0.25, -0.2) is 4.79 Å². The summed E-state index contributed by atoms with van der Waals surface area (Å²) in [4.78, 5) is 10.9. The van der Waals surface area contributed by atoms with Crippen molar-refractivity contribution in [3.63, 3.8) is 0 Å². The second-order valence-electron chi connectivity index (χ2n) is 8.64. The van der Waals surface area contributed by atoms with E-state index in [2.05, 4.69) is 6.58 Å². The molecule has 0 spiro atoms. The van der Waals surface area contributed by atoms with Crippen molar-refractivity contribution in [3.8, 4) is 16.9 Å². The van der Waals surface area contributed by atoms with Gasteiger partial charge in [-0.15, -0.1) is 0 Å². The Labute approximate surface area is 219 Å². The topological polar surface area (TPSA) is 35.5 Å². The number of para-hydroxylation sites is 1. The van der Waals surface area contributed by atoms with E-state index in [0.29, 0.717) is 43.1 Å². The zero-order chi connectivity index (χ0) is 29.3. The fourth-order valence-corrected chi connectivity index (χ4v) is 3.57. The van der Waals surface area contributed by atoms with Crippen LogP contribution < -0.4 is 4.74 Å². The van der Waals surface area contributed by atoms with E-state index >= 15 is 0 Å². The van der Waals surface area contributed by atoms with Crippen LogP contribution in [0.5, 0.6) is 5.75 Å². The number of esters is 1. The summed E-state index contributed by atoms with van der Waals surface area (Å²) in [6.45, 7) is 3.94. The first-order valence-corrected chi connectivity index (χ1v) is 12.0. The molecule has 0 N–H and O–H groups in total. The molecule has 0 amide bonds. The van der Waals surface area contributed by atoms with E-state index in [4.69, 9.17) is 9.47 Å². The van der Waals surface area contributed by atoms with Crippen LogP contribution in [0.3, 0.4) is 0 Å². The van der Waals surface area contributed by atoms with Crippen molar-refractivity contribution in [1.29, 1.82) is 0 Å². The Morgan fingerprint density at radius 1 is 0.718 bits per heavy atom. The van der Waals surface area contributed by atoms with Crippen molar-refractivity contribution in [2.75, 3.05) is 13.2 Å². The molecule has 0 saturated heterocycles. The third-order valence-corrected chi connectivity index (χ3v) is 5.80. The van der Waals surface area contributed by atoms with Gasteiger partial charge < -0.3 is 9.47 Å². The molecule has 216 valence electrons. The number of ether oxygens (including phenoxy) is 2. The quantitative estimate of drug-likeness (QED) is 0.0930. The average Bonchev–Trinajstić information content (AvgIpc) is 2.89. The second kappa shape index (κ2) is 13.3. The Morgan fingerprint density at radius 3 is 1.82 bits per heavy atom. The van der Waals surface area contributed by atoms with Crippen molar-refractivity contribution < 1.29 is 53.8 Å². The van der Waals surface area contributed by atoms with Crippen LogP contribution in [-0.4, -0.2) is 37.2 Å². The summed E-state index contributed by atoms with van der Waals surface area (Å²) < 4.78 is 130. The average molecular weight is 570 g/mol. The molecule has 39 heavy (non-hydrogen) atoms. The zero-order valence-electron chi connectivity index (χ0n) is 20.7. The number of rotatable bonds is 15. The van der Waals surface area contributed by atoms with E-state index in [1.807, 2.05) is 0 Å². The standard InChI is InChI=1S/C27H27F9O3/c1-2-23(37)39-18-10-6-4-3-5-9-17-38-22-12-8-7-11-21(22)19-13-15-20(16-14-19)24(28,29)25(30,31)26(32,33)27(34,35)36/h2,7-8,11-16H,1,3-6,9-10,17-18H2. The summed E-state index contributed by atoms with van der Waals surface area (Å²) in [5.41, 5.74) is -1.11. The van der Waals surface area contributed by atoms with Gasteiger partial charge in [-0.2, -0.15) is 39.5 Å². The molecule has 0 heterocycles. The fraction of sp³-hybridized carbons (Fsp3) is 0.444. The van der Waals surface area contributed by atoms with Crippen LogP contribution in [0.25, 0.3) is 11.1 Å². The minimum atomic E-state index is -6.96. The largest absolute Gasteiger partial charge is 0.493 e. The molecule has 0 aliphatic heterocycles. The van der Waals surface area contributed by atoms with Crippen molar-refractivity contribution in [3.05, 3.63) is 66.7 Å². The number of benzene rings is 2. The molecule has 0 aromatic heterocycles. The maximum absolute atomic E-state index is 14.2. The van der Waals surface area contributed by atoms with Crippen molar-refractivity contribution in [2.24, 2.45) is 0 Å². The molecule has 0 aliphatic rings. The number of carbonyl (C=O) groups is 1. The van der Waals surface area contributed by atoms with Gasteiger partial charge in [0, 0.05) is 17.2 Å². The Bertz CT molecular complexity index is 1080. The molecule has 2 aromatic rings. The number of carbonyl (C=O) groups excluding carboxylic acids is 1. The summed E-state index contributed by atoms with van der Waals surface area (Å²) in [6.07, 6.45) is -0.805. The van der Waals surface area contributed by atoms with Crippen LogP contribution in [0.1, 0.15) is 44.1 Å². The van der Waals surface area contributed by atoms with E-state index < -0.39 is 35.5 Å². The first kappa shape index (κ1) is 32.0. The summed E-state index contributed by atoms with van der Waals surface area (Å²) in [6, 6.07) is 8.96. The van der Waals surface area contributed by atoms with E-state index in [1.54, 1.807) is 24.3 Å². The van der Waals surface area contributed by atoms with E-state index in [1.165, 1.54) is 0 Å². The van der Waals surface area contributed by atoms with Crippen LogP contribution >= 0.6 is 0 Å². The SMILES string of the molecule is C=CC(=O)OCCCCCCCCOc1ccccc1-c1ccc(C(F)(F)C(F)(F)C(F)(F)C(F)(F)F)cc1. The predicted molar refractivity (Wildman–Crippen MR) is 126 cm³/mol. The minimum Gasteiger partial charge on any atom is -0.493 e. The van der Waals surface area contributed by atoms with Gasteiger partial charge in [0.2, 0.25) is 0 Å². The molecular weight excluding hydrogens is 543 g/mol. The van der Waals surface area contributed by atoms with Gasteiger partial charge >= 0.3 is 29.9 Å². The third kappa shape index (κ3) is 7.69. The molecule has 3 nitrogen and oxygen atoms in total. The van der Waals surface area contributed by atoms with Crippen LogP contribution in [0.4, 0.5) is 39.5 Å². The Balaban J connectivity index is 1.96. The van der Waals surface area contributed by atoms with Crippen LogP contribution in [0, 0.1) is 0 Å². The highest BCUT2D eigenvalue weighted by Gasteiger charge is 2.82. The van der Waals surface area contributed by atoms with Crippen LogP contribution in [0.2, 0.25) is 0 Å². The van der Waals surface area contributed by atoms with Crippen molar-refractivity contribution >= 4 is 5.97 Å². The van der Waals surface area contributed by atoms with Gasteiger partial charge in [0.25, 0.3) is 0 Å². The highest BCUT2D eigenvalue weighted by Crippen LogP contribution is 2.56. The number of hydrogen-bond donors (Lipinski definition) is 0. The summed E-state index contributed by atoms with van der Waals surface area (Å²) >= 11 is 0. The molecule has 0 bridgehead atoms. The molecule has 0 atom stereocenters. The van der Waals surface area contributed by atoms with Gasteiger partial charge in [0.05, 0.1) is 13.2 Å². The predicted octanol–water partition coefficient (Wildman–Crippen LogP) is 8.73. The lowest BCUT2D eigenvalue weighted by Crippen LogP contribution is -2.59.